The Morgan fingerprint density at radius 2 is 1.67 bits per heavy atom. The Morgan fingerprint density at radius 1 is 1.00 bits per heavy atom. The first-order valence-electron chi connectivity index (χ1n) is 13.8. The third-order valence-electron chi connectivity index (χ3n) is 7.83. The van der Waals surface area contributed by atoms with Gasteiger partial charge in [0.05, 0.1) is 24.7 Å². The van der Waals surface area contributed by atoms with E-state index in [1.807, 2.05) is 33.8 Å². The molecule has 36 heavy (non-hydrogen) atoms. The van der Waals surface area contributed by atoms with E-state index in [0.717, 1.165) is 38.6 Å². The first-order chi connectivity index (χ1) is 16.9. The predicted molar refractivity (Wildman–Crippen MR) is 143 cm³/mol. The minimum Gasteiger partial charge on any atom is -0.394 e. The summed E-state index contributed by atoms with van der Waals surface area (Å²) < 4.78 is 0. The number of carbonyl (C=O) groups excluding carboxylic acids is 3. The van der Waals surface area contributed by atoms with Crippen LogP contribution >= 0.6 is 0 Å². The highest BCUT2D eigenvalue weighted by atomic mass is 16.3. The van der Waals surface area contributed by atoms with E-state index in [1.54, 1.807) is 23.8 Å². The first-order valence-corrected chi connectivity index (χ1v) is 13.8. The fourth-order valence-corrected chi connectivity index (χ4v) is 5.58. The molecular formula is C28H50N4O4. The summed E-state index contributed by atoms with van der Waals surface area (Å²) in [6, 6.07) is -1.01. The van der Waals surface area contributed by atoms with Crippen LogP contribution in [0.15, 0.2) is 11.6 Å². The van der Waals surface area contributed by atoms with Gasteiger partial charge in [0, 0.05) is 25.2 Å². The SMILES string of the molecule is CC(=C[C@H](C(C)C)N(C)C(=O)[C@@H](NC(=O)[C@H]1CCCCN1C(C)C)C(C)C)C(=O)N1CCC[C@H]1CO. The van der Waals surface area contributed by atoms with E-state index in [1.165, 1.54) is 0 Å². The molecule has 0 aromatic carbocycles. The Kier molecular flexibility index (Phi) is 11.4. The number of nitrogens with one attached hydrogen (secondary N) is 1. The average Bonchev–Trinajstić information content (AvgIpc) is 3.32. The van der Waals surface area contributed by atoms with Crippen molar-refractivity contribution in [1.29, 1.82) is 0 Å². The van der Waals surface area contributed by atoms with E-state index in [9.17, 15) is 19.5 Å². The molecule has 2 N–H and O–H groups in total. The van der Waals surface area contributed by atoms with E-state index in [0.29, 0.717) is 12.1 Å². The lowest BCUT2D eigenvalue weighted by Gasteiger charge is -2.39. The van der Waals surface area contributed by atoms with Gasteiger partial charge >= 0.3 is 0 Å². The number of carbonyl (C=O) groups is 3. The summed E-state index contributed by atoms with van der Waals surface area (Å²) in [4.78, 5) is 45.8. The van der Waals surface area contributed by atoms with Crippen LogP contribution in [0, 0.1) is 11.8 Å². The van der Waals surface area contributed by atoms with Crippen LogP contribution in [0.5, 0.6) is 0 Å². The molecule has 3 amide bonds. The van der Waals surface area contributed by atoms with E-state index in [4.69, 9.17) is 0 Å². The van der Waals surface area contributed by atoms with Gasteiger partial charge in [0.1, 0.15) is 6.04 Å². The maximum absolute atomic E-state index is 13.7. The van der Waals surface area contributed by atoms with Crippen molar-refractivity contribution < 1.29 is 19.5 Å². The van der Waals surface area contributed by atoms with Crippen LogP contribution in [0.2, 0.25) is 0 Å². The Bertz CT molecular complexity index is 794. The minimum absolute atomic E-state index is 0.0317. The number of nitrogens with zero attached hydrogens (tertiary/aromatic N) is 3. The third kappa shape index (κ3) is 7.31. The monoisotopic (exact) mass is 506 g/mol. The van der Waals surface area contributed by atoms with Crippen LogP contribution in [-0.4, -0.2) is 94.5 Å². The second-order valence-corrected chi connectivity index (χ2v) is 11.6. The number of hydrogen-bond donors (Lipinski definition) is 2. The van der Waals surface area contributed by atoms with E-state index < -0.39 is 6.04 Å². The number of amides is 3. The fourth-order valence-electron chi connectivity index (χ4n) is 5.58. The third-order valence-corrected chi connectivity index (χ3v) is 7.83. The van der Waals surface area contributed by atoms with Crippen molar-refractivity contribution in [1.82, 2.24) is 20.0 Å². The second-order valence-electron chi connectivity index (χ2n) is 11.6. The molecular weight excluding hydrogens is 456 g/mol. The van der Waals surface area contributed by atoms with Gasteiger partial charge in [-0.25, -0.2) is 0 Å². The summed E-state index contributed by atoms with van der Waals surface area (Å²) in [6.45, 7) is 15.5. The molecule has 2 heterocycles. The molecule has 8 heteroatoms. The molecule has 2 fully saturated rings. The second kappa shape index (κ2) is 13.6. The maximum Gasteiger partial charge on any atom is 0.249 e. The van der Waals surface area contributed by atoms with Crippen molar-refractivity contribution in [2.24, 2.45) is 11.8 Å². The molecule has 0 bridgehead atoms. The zero-order valence-electron chi connectivity index (χ0n) is 23.8. The average molecular weight is 507 g/mol. The van der Waals surface area contributed by atoms with Gasteiger partial charge in [-0.3, -0.25) is 19.3 Å². The first kappa shape index (κ1) is 30.3. The van der Waals surface area contributed by atoms with Crippen LogP contribution in [0.3, 0.4) is 0 Å². The van der Waals surface area contributed by atoms with Gasteiger partial charge in [-0.1, -0.05) is 40.2 Å². The van der Waals surface area contributed by atoms with Crippen molar-refractivity contribution >= 4 is 17.7 Å². The highest BCUT2D eigenvalue weighted by molar-refractivity contribution is 5.94. The number of hydrogen-bond acceptors (Lipinski definition) is 5. The molecule has 4 atom stereocenters. The lowest BCUT2D eigenvalue weighted by Crippen LogP contribution is -2.58. The largest absolute Gasteiger partial charge is 0.394 e. The Hall–Kier alpha value is -1.93. The van der Waals surface area contributed by atoms with E-state index in [-0.39, 0.29) is 60.3 Å². The van der Waals surface area contributed by atoms with Crippen LogP contribution in [-0.2, 0) is 14.4 Å². The number of aliphatic hydroxyl groups is 1. The fraction of sp³-hybridized carbons (Fsp3) is 0.821. The number of rotatable bonds is 10. The Balaban J connectivity index is 2.19. The molecule has 8 nitrogen and oxygen atoms in total. The topological polar surface area (TPSA) is 93.2 Å². The molecule has 2 rings (SSSR count). The number of likely N-dealkylation sites (N-methyl/N-ethyl adjacent to an activating group) is 1. The molecule has 206 valence electrons. The van der Waals surface area contributed by atoms with Crippen molar-refractivity contribution in [3.63, 3.8) is 0 Å². The maximum atomic E-state index is 13.7. The Morgan fingerprint density at radius 3 is 2.22 bits per heavy atom. The molecule has 0 spiro atoms. The van der Waals surface area contributed by atoms with Crippen LogP contribution in [0.1, 0.15) is 80.6 Å². The molecule has 0 radical (unpaired) electrons. The smallest absolute Gasteiger partial charge is 0.249 e. The summed E-state index contributed by atoms with van der Waals surface area (Å²) in [5.74, 6) is -0.301. The van der Waals surface area contributed by atoms with Gasteiger partial charge in [0.15, 0.2) is 0 Å². The molecule has 0 aromatic heterocycles. The quantitative estimate of drug-likeness (QED) is 0.445. The minimum atomic E-state index is -0.638. The molecule has 0 unspecified atom stereocenters. The van der Waals surface area contributed by atoms with Crippen molar-refractivity contribution in [2.75, 3.05) is 26.7 Å². The van der Waals surface area contributed by atoms with E-state index >= 15 is 0 Å². The van der Waals surface area contributed by atoms with Gasteiger partial charge in [-0.15, -0.1) is 0 Å². The summed E-state index contributed by atoms with van der Waals surface area (Å²) in [6.07, 6.45) is 6.49. The molecule has 2 aliphatic heterocycles. The molecule has 2 saturated heterocycles. The van der Waals surface area contributed by atoms with Gasteiger partial charge in [-0.2, -0.15) is 0 Å². The summed E-state index contributed by atoms with van der Waals surface area (Å²) >= 11 is 0. The van der Waals surface area contributed by atoms with Crippen molar-refractivity contribution in [3.8, 4) is 0 Å². The molecule has 0 saturated carbocycles. The highest BCUT2D eigenvalue weighted by Crippen LogP contribution is 2.23. The van der Waals surface area contributed by atoms with Gasteiger partial charge in [0.2, 0.25) is 17.7 Å². The lowest BCUT2D eigenvalue weighted by molar-refractivity contribution is -0.140. The zero-order valence-corrected chi connectivity index (χ0v) is 23.8. The van der Waals surface area contributed by atoms with Crippen LogP contribution < -0.4 is 5.32 Å². The van der Waals surface area contributed by atoms with Crippen molar-refractivity contribution in [3.05, 3.63) is 11.6 Å². The predicted octanol–water partition coefficient (Wildman–Crippen LogP) is 2.80. The van der Waals surface area contributed by atoms with Crippen LogP contribution in [0.25, 0.3) is 0 Å². The standard InChI is InChI=1S/C28H50N4O4/c1-18(2)24(16-21(7)27(35)32-15-11-12-22(32)17-33)30(8)28(36)25(19(3)4)29-26(34)23-13-9-10-14-31(23)20(5)6/h16,18-20,22-25,33H,9-15,17H2,1-8H3,(H,29,34)/t22-,23+,24+,25-/m0/s1. The number of piperidine rings is 1. The van der Waals surface area contributed by atoms with Gasteiger partial charge < -0.3 is 20.2 Å². The van der Waals surface area contributed by atoms with E-state index in [2.05, 4.69) is 24.1 Å². The molecule has 2 aliphatic rings. The normalized spacial score (nSPS) is 23.3. The summed E-state index contributed by atoms with van der Waals surface area (Å²) in [5, 5.41) is 12.7. The summed E-state index contributed by atoms with van der Waals surface area (Å²) in [5.41, 5.74) is 0.577. The number of likely N-dealkylation sites (tertiary alicyclic amines) is 2. The lowest BCUT2D eigenvalue weighted by atomic mass is 9.95. The highest BCUT2D eigenvalue weighted by Gasteiger charge is 2.36. The molecule has 0 aromatic rings. The number of aliphatic hydroxyl groups excluding tert-OH is 1. The van der Waals surface area contributed by atoms with Gasteiger partial charge in [0.25, 0.3) is 0 Å². The summed E-state index contributed by atoms with van der Waals surface area (Å²) in [7, 11) is 1.76. The molecule has 0 aliphatic carbocycles. The van der Waals surface area contributed by atoms with Crippen molar-refractivity contribution in [2.45, 2.75) is 111 Å². The Labute approximate surface area is 218 Å². The van der Waals surface area contributed by atoms with Gasteiger partial charge in [-0.05, 0) is 64.8 Å². The zero-order chi connectivity index (χ0) is 27.2. The van der Waals surface area contributed by atoms with Crippen LogP contribution in [0.4, 0.5) is 0 Å².